The molecule has 0 saturated carbocycles. The van der Waals surface area contributed by atoms with Crippen LogP contribution < -0.4 is 0 Å². The maximum atomic E-state index is 4.02. The van der Waals surface area contributed by atoms with Crippen LogP contribution in [0.3, 0.4) is 0 Å². The van der Waals surface area contributed by atoms with Crippen molar-refractivity contribution in [2.75, 3.05) is 0 Å². The molecule has 0 spiro atoms. The molecule has 0 rings (SSSR count). The lowest BCUT2D eigenvalue weighted by atomic mass is 9.98. The number of allylic oxidation sites excluding steroid dienone is 4. The molecule has 0 fully saturated rings. The summed E-state index contributed by atoms with van der Waals surface area (Å²) >= 11 is 0. The Kier molecular flexibility index (Phi) is 5.44. The zero-order chi connectivity index (χ0) is 9.56. The molecular weight excluding hydrogens is 144 g/mol. The first-order chi connectivity index (χ1) is 5.57. The third kappa shape index (κ3) is 4.95. The van der Waals surface area contributed by atoms with E-state index < -0.39 is 0 Å². The van der Waals surface area contributed by atoms with E-state index in [1.54, 1.807) is 0 Å². The predicted octanol–water partition coefficient (Wildman–Crippen LogP) is 4.11. The fraction of sp³-hybridized carbons (Fsp3) is 0.500. The highest BCUT2D eigenvalue weighted by Crippen LogP contribution is 2.15. The smallest absolute Gasteiger partial charge is 0.00569 e. The zero-order valence-electron chi connectivity index (χ0n) is 8.56. The van der Waals surface area contributed by atoms with Crippen molar-refractivity contribution in [2.24, 2.45) is 5.92 Å². The molecule has 0 heteroatoms. The van der Waals surface area contributed by atoms with Crippen molar-refractivity contribution in [3.8, 4) is 0 Å². The summed E-state index contributed by atoms with van der Waals surface area (Å²) in [7, 11) is 0. The van der Waals surface area contributed by atoms with Crippen molar-refractivity contribution < 1.29 is 0 Å². The predicted molar refractivity (Wildman–Crippen MR) is 57.2 cm³/mol. The molecule has 1 atom stereocenters. The minimum absolute atomic E-state index is 0.454. The summed E-state index contributed by atoms with van der Waals surface area (Å²) in [4.78, 5) is 0. The molecule has 0 nitrogen and oxygen atoms in total. The molecule has 0 aromatic rings. The fourth-order valence-electron chi connectivity index (χ4n) is 0.941. The van der Waals surface area contributed by atoms with E-state index in [2.05, 4.69) is 40.0 Å². The average molecular weight is 164 g/mol. The van der Waals surface area contributed by atoms with Crippen molar-refractivity contribution in [3.63, 3.8) is 0 Å². The molecular formula is C12H20. The van der Waals surface area contributed by atoms with E-state index in [1.807, 2.05) is 6.08 Å². The molecule has 0 heterocycles. The van der Waals surface area contributed by atoms with E-state index >= 15 is 0 Å². The maximum Gasteiger partial charge on any atom is -0.00569 e. The van der Waals surface area contributed by atoms with Crippen LogP contribution in [0.1, 0.15) is 33.6 Å². The van der Waals surface area contributed by atoms with E-state index in [0.717, 1.165) is 12.8 Å². The van der Waals surface area contributed by atoms with Gasteiger partial charge in [-0.15, -0.1) is 6.58 Å². The second-order valence-corrected chi connectivity index (χ2v) is 3.50. The van der Waals surface area contributed by atoms with E-state index in [1.165, 1.54) is 11.1 Å². The van der Waals surface area contributed by atoms with Crippen LogP contribution >= 0.6 is 0 Å². The first kappa shape index (κ1) is 11.2. The molecule has 0 amide bonds. The van der Waals surface area contributed by atoms with Gasteiger partial charge in [-0.2, -0.15) is 0 Å². The second-order valence-electron chi connectivity index (χ2n) is 3.50. The zero-order valence-corrected chi connectivity index (χ0v) is 8.56. The highest BCUT2D eigenvalue weighted by atomic mass is 14.0. The Morgan fingerprint density at radius 2 is 2.00 bits per heavy atom. The standard InChI is InChI=1S/C12H20/c1-6-11(4)12(5)9-7-8-10(2)3/h6,8,11H,1,5,7,9H2,2-4H3. The molecule has 0 bridgehead atoms. The minimum atomic E-state index is 0.454. The fourth-order valence-corrected chi connectivity index (χ4v) is 0.941. The summed E-state index contributed by atoms with van der Waals surface area (Å²) in [5.41, 5.74) is 2.66. The molecule has 0 radical (unpaired) electrons. The number of hydrogen-bond donors (Lipinski definition) is 0. The van der Waals surface area contributed by atoms with Crippen molar-refractivity contribution in [2.45, 2.75) is 33.6 Å². The Morgan fingerprint density at radius 3 is 2.42 bits per heavy atom. The Morgan fingerprint density at radius 1 is 1.42 bits per heavy atom. The van der Waals surface area contributed by atoms with Crippen molar-refractivity contribution in [1.82, 2.24) is 0 Å². The molecule has 0 aliphatic carbocycles. The van der Waals surface area contributed by atoms with Crippen LogP contribution in [-0.4, -0.2) is 0 Å². The van der Waals surface area contributed by atoms with Crippen LogP contribution in [0.25, 0.3) is 0 Å². The van der Waals surface area contributed by atoms with Crippen molar-refractivity contribution >= 4 is 0 Å². The average Bonchev–Trinajstić information content (AvgIpc) is 2.02. The van der Waals surface area contributed by atoms with Crippen LogP contribution in [0.4, 0.5) is 0 Å². The summed E-state index contributed by atoms with van der Waals surface area (Å²) in [5, 5.41) is 0. The lowest BCUT2D eigenvalue weighted by Crippen LogP contribution is -1.92. The van der Waals surface area contributed by atoms with Gasteiger partial charge >= 0.3 is 0 Å². The van der Waals surface area contributed by atoms with Crippen LogP contribution in [0.15, 0.2) is 36.5 Å². The van der Waals surface area contributed by atoms with Crippen LogP contribution in [0.5, 0.6) is 0 Å². The first-order valence-corrected chi connectivity index (χ1v) is 4.51. The molecule has 0 aromatic heterocycles. The van der Waals surface area contributed by atoms with Gasteiger partial charge in [0.25, 0.3) is 0 Å². The molecule has 0 saturated heterocycles. The first-order valence-electron chi connectivity index (χ1n) is 4.51. The summed E-state index contributed by atoms with van der Waals surface area (Å²) in [6, 6.07) is 0. The van der Waals surface area contributed by atoms with E-state index in [-0.39, 0.29) is 0 Å². The van der Waals surface area contributed by atoms with Crippen LogP contribution in [0.2, 0.25) is 0 Å². The Labute approximate surface area is 76.7 Å². The molecule has 0 aliphatic rings. The number of hydrogen-bond acceptors (Lipinski definition) is 0. The molecule has 0 N–H and O–H groups in total. The van der Waals surface area contributed by atoms with E-state index in [0.29, 0.717) is 5.92 Å². The Bertz CT molecular complexity index is 180. The summed E-state index contributed by atoms with van der Waals surface area (Å²) in [5.74, 6) is 0.454. The maximum absolute atomic E-state index is 4.02. The third-order valence-electron chi connectivity index (χ3n) is 2.02. The van der Waals surface area contributed by atoms with Gasteiger partial charge in [-0.25, -0.2) is 0 Å². The van der Waals surface area contributed by atoms with Gasteiger partial charge in [0.15, 0.2) is 0 Å². The third-order valence-corrected chi connectivity index (χ3v) is 2.02. The monoisotopic (exact) mass is 164 g/mol. The van der Waals surface area contributed by atoms with Crippen LogP contribution in [-0.2, 0) is 0 Å². The highest BCUT2D eigenvalue weighted by Gasteiger charge is 1.99. The minimum Gasteiger partial charge on any atom is -0.102 e. The lowest BCUT2D eigenvalue weighted by molar-refractivity contribution is 0.787. The van der Waals surface area contributed by atoms with Crippen molar-refractivity contribution in [1.29, 1.82) is 0 Å². The number of rotatable bonds is 5. The summed E-state index contributed by atoms with van der Waals surface area (Å²) < 4.78 is 0. The second kappa shape index (κ2) is 5.82. The van der Waals surface area contributed by atoms with Gasteiger partial charge in [-0.05, 0) is 32.6 Å². The van der Waals surface area contributed by atoms with Crippen molar-refractivity contribution in [3.05, 3.63) is 36.5 Å². The largest absolute Gasteiger partial charge is 0.102 e. The Balaban J connectivity index is 3.72. The normalized spacial score (nSPS) is 11.9. The molecule has 12 heavy (non-hydrogen) atoms. The van der Waals surface area contributed by atoms with Crippen LogP contribution in [0, 0.1) is 5.92 Å². The lowest BCUT2D eigenvalue weighted by Gasteiger charge is -2.08. The van der Waals surface area contributed by atoms with Gasteiger partial charge in [0, 0.05) is 0 Å². The molecule has 0 aliphatic heterocycles. The Hall–Kier alpha value is -0.780. The van der Waals surface area contributed by atoms with Gasteiger partial charge in [0.2, 0.25) is 0 Å². The topological polar surface area (TPSA) is 0 Å². The van der Waals surface area contributed by atoms with E-state index in [4.69, 9.17) is 0 Å². The van der Waals surface area contributed by atoms with E-state index in [9.17, 15) is 0 Å². The van der Waals surface area contributed by atoms with Gasteiger partial charge < -0.3 is 0 Å². The van der Waals surface area contributed by atoms with Gasteiger partial charge in [-0.1, -0.05) is 36.8 Å². The molecule has 0 aromatic carbocycles. The SMILES string of the molecule is C=CC(C)C(=C)CCC=C(C)C. The highest BCUT2D eigenvalue weighted by molar-refractivity contribution is 5.07. The summed E-state index contributed by atoms with van der Waals surface area (Å²) in [6.45, 7) is 14.2. The van der Waals surface area contributed by atoms with Gasteiger partial charge in [0.1, 0.15) is 0 Å². The van der Waals surface area contributed by atoms with Gasteiger partial charge in [0.05, 0.1) is 0 Å². The van der Waals surface area contributed by atoms with Gasteiger partial charge in [-0.3, -0.25) is 0 Å². The quantitative estimate of drug-likeness (QED) is 0.536. The molecule has 68 valence electrons. The summed E-state index contributed by atoms with van der Waals surface area (Å²) in [6.07, 6.45) is 6.39. The molecule has 1 unspecified atom stereocenters.